The molecule has 1 fully saturated rings. The van der Waals surface area contributed by atoms with E-state index in [4.69, 9.17) is 10.5 Å². The van der Waals surface area contributed by atoms with Crippen molar-refractivity contribution in [1.29, 1.82) is 0 Å². The lowest BCUT2D eigenvalue weighted by molar-refractivity contribution is 0.0963. The molecule has 6 nitrogen and oxygen atoms in total. The van der Waals surface area contributed by atoms with Gasteiger partial charge < -0.3 is 20.7 Å². The molecule has 1 amide bonds. The van der Waals surface area contributed by atoms with Gasteiger partial charge in [-0.15, -0.1) is 24.0 Å². The normalized spacial score (nSPS) is 15.8. The van der Waals surface area contributed by atoms with Gasteiger partial charge in [-0.2, -0.15) is 11.8 Å². The quantitative estimate of drug-likeness (QED) is 0.233. The number of nitrogens with one attached hydrogen (secondary N) is 1. The number of likely N-dealkylation sites (tertiary alicyclic amines) is 1. The van der Waals surface area contributed by atoms with Crippen molar-refractivity contribution < 1.29 is 9.53 Å². The van der Waals surface area contributed by atoms with Gasteiger partial charge in [0.05, 0.1) is 6.61 Å². The number of carbonyl (C=O) groups is 1. The van der Waals surface area contributed by atoms with E-state index in [2.05, 4.69) is 16.6 Å². The maximum atomic E-state index is 11.6. The van der Waals surface area contributed by atoms with Crippen LogP contribution in [0.25, 0.3) is 0 Å². The Morgan fingerprint density at radius 1 is 1.29 bits per heavy atom. The molecule has 1 rings (SSSR count). The highest BCUT2D eigenvalue weighted by Gasteiger charge is 2.23. The Kier molecular flexibility index (Phi) is 14.7. The fourth-order valence-electron chi connectivity index (χ4n) is 2.59. The van der Waals surface area contributed by atoms with E-state index in [1.165, 1.54) is 25.0 Å². The molecule has 0 radical (unpaired) electrons. The van der Waals surface area contributed by atoms with Gasteiger partial charge in [0.25, 0.3) is 0 Å². The van der Waals surface area contributed by atoms with Crippen LogP contribution in [-0.4, -0.2) is 61.2 Å². The van der Waals surface area contributed by atoms with Gasteiger partial charge in [0.2, 0.25) is 0 Å². The number of rotatable bonds is 9. The first kappa shape index (κ1) is 23.6. The first-order valence-electron chi connectivity index (χ1n) is 8.64. The minimum absolute atomic E-state index is 0. The molecule has 0 atom stereocenters. The minimum atomic E-state index is -0.214. The average molecular weight is 472 g/mol. The zero-order valence-corrected chi connectivity index (χ0v) is 18.1. The number of hydrogen-bond acceptors (Lipinski definition) is 4. The van der Waals surface area contributed by atoms with Crippen LogP contribution in [0.4, 0.5) is 4.79 Å². The van der Waals surface area contributed by atoms with Crippen molar-refractivity contribution in [1.82, 2.24) is 10.2 Å². The number of ether oxygens (including phenoxy) is 1. The number of guanidine groups is 1. The molecule has 8 heteroatoms. The molecule has 0 bridgehead atoms. The summed E-state index contributed by atoms with van der Waals surface area (Å²) in [5.41, 5.74) is 5.94. The summed E-state index contributed by atoms with van der Waals surface area (Å²) in [5, 5.41) is 3.27. The highest BCUT2D eigenvalue weighted by Crippen LogP contribution is 2.11. The molecule has 1 saturated heterocycles. The number of aliphatic imine (C=N–C) groups is 1. The van der Waals surface area contributed by atoms with Crippen LogP contribution in [0.1, 0.15) is 45.4 Å². The van der Waals surface area contributed by atoms with Gasteiger partial charge in [0.15, 0.2) is 5.96 Å². The third-order valence-corrected chi connectivity index (χ3v) is 4.61. The highest BCUT2D eigenvalue weighted by atomic mass is 127. The molecule has 0 aliphatic carbocycles. The Labute approximate surface area is 167 Å². The number of hydrogen-bond donors (Lipinski definition) is 2. The number of thioether (sulfide) groups is 1. The second-order valence-electron chi connectivity index (χ2n) is 5.78. The van der Waals surface area contributed by atoms with Gasteiger partial charge in [0.1, 0.15) is 0 Å². The lowest BCUT2D eigenvalue weighted by atomic mass is 10.1. The predicted molar refractivity (Wildman–Crippen MR) is 114 cm³/mol. The minimum Gasteiger partial charge on any atom is -0.450 e. The maximum absolute atomic E-state index is 11.6. The molecule has 0 saturated carbocycles. The second kappa shape index (κ2) is 14.9. The van der Waals surface area contributed by atoms with E-state index >= 15 is 0 Å². The summed E-state index contributed by atoms with van der Waals surface area (Å²) in [5.74, 6) is 1.78. The van der Waals surface area contributed by atoms with E-state index < -0.39 is 0 Å². The number of piperidine rings is 1. The summed E-state index contributed by atoms with van der Waals surface area (Å²) < 4.78 is 5.02. The van der Waals surface area contributed by atoms with Crippen LogP contribution in [0.15, 0.2) is 4.99 Å². The van der Waals surface area contributed by atoms with Crippen LogP contribution in [-0.2, 0) is 4.74 Å². The van der Waals surface area contributed by atoms with Crippen LogP contribution in [0.3, 0.4) is 0 Å². The Bertz CT molecular complexity index is 364. The molecule has 0 spiro atoms. The third kappa shape index (κ3) is 10.5. The predicted octanol–water partition coefficient (Wildman–Crippen LogP) is 3.05. The third-order valence-electron chi connectivity index (χ3n) is 3.91. The number of unbranched alkanes of at least 4 members (excludes halogenated alkanes) is 3. The smallest absolute Gasteiger partial charge is 0.409 e. The topological polar surface area (TPSA) is 80.0 Å². The van der Waals surface area contributed by atoms with Gasteiger partial charge in [0, 0.05) is 25.7 Å². The first-order valence-corrected chi connectivity index (χ1v) is 10.0. The summed E-state index contributed by atoms with van der Waals surface area (Å²) >= 11 is 1.90. The molecule has 0 aromatic carbocycles. The Morgan fingerprint density at radius 2 is 1.96 bits per heavy atom. The number of nitrogens with zero attached hydrogens (tertiary/aromatic N) is 2. The van der Waals surface area contributed by atoms with E-state index in [1.54, 1.807) is 4.90 Å². The zero-order valence-electron chi connectivity index (χ0n) is 15.0. The van der Waals surface area contributed by atoms with E-state index in [1.807, 2.05) is 18.7 Å². The summed E-state index contributed by atoms with van der Waals surface area (Å²) in [4.78, 5) is 17.8. The molecule has 142 valence electrons. The Hall–Kier alpha value is -0.380. The molecule has 0 aromatic rings. The SMILES string of the molecule is CCOC(=O)N1CCC(NC(N)=NCCCCCCSC)CC1.I. The Balaban J connectivity index is 0.00000529. The van der Waals surface area contributed by atoms with Crippen molar-refractivity contribution in [3.63, 3.8) is 0 Å². The van der Waals surface area contributed by atoms with Crippen molar-refractivity contribution in [2.75, 3.05) is 38.2 Å². The zero-order chi connectivity index (χ0) is 16.9. The van der Waals surface area contributed by atoms with Gasteiger partial charge in [-0.25, -0.2) is 4.79 Å². The Morgan fingerprint density at radius 3 is 2.58 bits per heavy atom. The molecule has 0 aromatic heterocycles. The van der Waals surface area contributed by atoms with Crippen LogP contribution >= 0.6 is 35.7 Å². The molecular weight excluding hydrogens is 439 g/mol. The molecular formula is C16H33IN4O2S. The maximum Gasteiger partial charge on any atom is 0.409 e. The van der Waals surface area contributed by atoms with Gasteiger partial charge >= 0.3 is 6.09 Å². The summed E-state index contributed by atoms with van der Waals surface area (Å²) in [6.07, 6.45) is 8.57. The van der Waals surface area contributed by atoms with Gasteiger partial charge in [-0.1, -0.05) is 12.8 Å². The van der Waals surface area contributed by atoms with Crippen LogP contribution in [0.5, 0.6) is 0 Å². The molecule has 3 N–H and O–H groups in total. The van der Waals surface area contributed by atoms with Crippen LogP contribution in [0, 0.1) is 0 Å². The lowest BCUT2D eigenvalue weighted by Gasteiger charge is -2.31. The van der Waals surface area contributed by atoms with Crippen LogP contribution < -0.4 is 11.1 Å². The number of carbonyl (C=O) groups excluding carboxylic acids is 1. The molecule has 1 aliphatic rings. The molecule has 1 aliphatic heterocycles. The van der Waals surface area contributed by atoms with Crippen LogP contribution in [0.2, 0.25) is 0 Å². The molecule has 0 unspecified atom stereocenters. The van der Waals surface area contributed by atoms with E-state index in [9.17, 15) is 4.79 Å². The molecule has 24 heavy (non-hydrogen) atoms. The summed E-state index contributed by atoms with van der Waals surface area (Å²) in [7, 11) is 0. The largest absolute Gasteiger partial charge is 0.450 e. The summed E-state index contributed by atoms with van der Waals surface area (Å²) in [6.45, 7) is 4.46. The highest BCUT2D eigenvalue weighted by molar-refractivity contribution is 14.0. The van der Waals surface area contributed by atoms with Crippen molar-refractivity contribution in [3.05, 3.63) is 0 Å². The van der Waals surface area contributed by atoms with Crippen molar-refractivity contribution in [2.45, 2.75) is 51.5 Å². The van der Waals surface area contributed by atoms with Crippen molar-refractivity contribution >= 4 is 47.8 Å². The van der Waals surface area contributed by atoms with E-state index in [-0.39, 0.29) is 30.1 Å². The average Bonchev–Trinajstić information content (AvgIpc) is 2.55. The number of amides is 1. The lowest BCUT2D eigenvalue weighted by Crippen LogP contribution is -2.48. The van der Waals surface area contributed by atoms with Gasteiger partial charge in [-0.3, -0.25) is 4.99 Å². The van der Waals surface area contributed by atoms with E-state index in [0.29, 0.717) is 31.7 Å². The fourth-order valence-corrected chi connectivity index (χ4v) is 3.08. The number of nitrogens with two attached hydrogens (primary N) is 1. The van der Waals surface area contributed by atoms with E-state index in [0.717, 1.165) is 25.8 Å². The molecule has 1 heterocycles. The van der Waals surface area contributed by atoms with Crippen molar-refractivity contribution in [3.8, 4) is 0 Å². The second-order valence-corrected chi connectivity index (χ2v) is 6.76. The van der Waals surface area contributed by atoms with Crippen molar-refractivity contribution in [2.24, 2.45) is 10.7 Å². The summed E-state index contributed by atoms with van der Waals surface area (Å²) in [6, 6.07) is 0.297. The van der Waals surface area contributed by atoms with Gasteiger partial charge in [-0.05, 0) is 44.6 Å². The first-order chi connectivity index (χ1) is 11.2. The number of halogens is 1. The monoisotopic (exact) mass is 472 g/mol. The fraction of sp³-hybridized carbons (Fsp3) is 0.875. The standard InChI is InChI=1S/C16H32N4O2S.HI/c1-3-22-16(21)20-11-8-14(9-12-20)19-15(17)18-10-6-4-5-7-13-23-2;/h14H,3-13H2,1-2H3,(H3,17,18,19);1H.